The molecule has 1 aromatic rings. The number of rotatable bonds is 2. The van der Waals surface area contributed by atoms with Crippen molar-refractivity contribution in [2.24, 2.45) is 0 Å². The van der Waals surface area contributed by atoms with Crippen molar-refractivity contribution in [2.75, 3.05) is 0 Å². The molecule has 2 bridgehead atoms. The van der Waals surface area contributed by atoms with Crippen LogP contribution in [0.15, 0.2) is 30.3 Å². The summed E-state index contributed by atoms with van der Waals surface area (Å²) in [6.45, 7) is 14.0. The lowest BCUT2D eigenvalue weighted by Gasteiger charge is -2.35. The average Bonchev–Trinajstić information content (AvgIpc) is 3.02. The molecule has 3 aliphatic rings. The molecule has 2 atom stereocenters. The summed E-state index contributed by atoms with van der Waals surface area (Å²) < 4.78 is 18.0. The standard InChI is InChI=1S/C24H34BNO4/c1-22(2,3)28-21(27)26-19-12-13-20(26)15-17(14-19)16-8-10-18(11-9-16)25-29-23(4,5)24(6,7)30-25/h8-11,14,19-20H,12-13,15H2,1-7H3. The van der Waals surface area contributed by atoms with Crippen LogP contribution >= 0.6 is 0 Å². The van der Waals surface area contributed by atoms with E-state index in [4.69, 9.17) is 14.0 Å². The van der Waals surface area contributed by atoms with Gasteiger partial charge in [-0.05, 0) is 84.3 Å². The van der Waals surface area contributed by atoms with Crippen LogP contribution in [0, 0.1) is 0 Å². The zero-order chi connectivity index (χ0) is 21.9. The monoisotopic (exact) mass is 411 g/mol. The number of fused-ring (bicyclic) bond motifs is 2. The van der Waals surface area contributed by atoms with Crippen molar-refractivity contribution in [3.63, 3.8) is 0 Å². The van der Waals surface area contributed by atoms with Crippen LogP contribution in [-0.4, -0.2) is 47.0 Å². The molecule has 3 heterocycles. The van der Waals surface area contributed by atoms with Crippen molar-refractivity contribution in [3.05, 3.63) is 35.9 Å². The third-order valence-electron chi connectivity index (χ3n) is 6.81. The Morgan fingerprint density at radius 3 is 2.20 bits per heavy atom. The highest BCUT2D eigenvalue weighted by atomic mass is 16.7. The summed E-state index contributed by atoms with van der Waals surface area (Å²) in [5, 5.41) is 0. The zero-order valence-corrected chi connectivity index (χ0v) is 19.3. The Morgan fingerprint density at radius 1 is 1.07 bits per heavy atom. The fraction of sp³-hybridized carbons (Fsp3) is 0.625. The van der Waals surface area contributed by atoms with Gasteiger partial charge in [0.15, 0.2) is 0 Å². The lowest BCUT2D eigenvalue weighted by atomic mass is 9.78. The number of ether oxygens (including phenoxy) is 1. The summed E-state index contributed by atoms with van der Waals surface area (Å²) in [5.74, 6) is 0. The molecule has 4 rings (SSSR count). The minimum Gasteiger partial charge on any atom is -0.444 e. The second-order valence-electron chi connectivity index (χ2n) is 10.8. The molecule has 0 aliphatic carbocycles. The van der Waals surface area contributed by atoms with Gasteiger partial charge in [-0.3, -0.25) is 4.90 Å². The van der Waals surface area contributed by atoms with Crippen LogP contribution in [0.25, 0.3) is 5.57 Å². The molecule has 30 heavy (non-hydrogen) atoms. The molecule has 0 radical (unpaired) electrons. The first-order valence-corrected chi connectivity index (χ1v) is 11.0. The number of amides is 1. The topological polar surface area (TPSA) is 48.0 Å². The summed E-state index contributed by atoms with van der Waals surface area (Å²) >= 11 is 0. The van der Waals surface area contributed by atoms with E-state index in [1.807, 2.05) is 25.7 Å². The van der Waals surface area contributed by atoms with Crippen LogP contribution in [0.1, 0.15) is 73.3 Å². The summed E-state index contributed by atoms with van der Waals surface area (Å²) in [4.78, 5) is 14.6. The van der Waals surface area contributed by atoms with Gasteiger partial charge in [-0.2, -0.15) is 0 Å². The van der Waals surface area contributed by atoms with E-state index in [-0.39, 0.29) is 36.5 Å². The fourth-order valence-corrected chi connectivity index (χ4v) is 4.48. The molecular weight excluding hydrogens is 377 g/mol. The van der Waals surface area contributed by atoms with E-state index in [2.05, 4.69) is 58.0 Å². The van der Waals surface area contributed by atoms with Crippen LogP contribution in [0.4, 0.5) is 4.79 Å². The number of hydrogen-bond donors (Lipinski definition) is 0. The maximum atomic E-state index is 12.7. The lowest BCUT2D eigenvalue weighted by Crippen LogP contribution is -2.45. The first-order valence-electron chi connectivity index (χ1n) is 11.0. The molecule has 2 fully saturated rings. The normalized spacial score (nSPS) is 27.2. The van der Waals surface area contributed by atoms with Crippen molar-refractivity contribution in [1.29, 1.82) is 0 Å². The maximum Gasteiger partial charge on any atom is 0.494 e. The highest BCUT2D eigenvalue weighted by Crippen LogP contribution is 2.40. The molecule has 0 aromatic heterocycles. The number of nitrogens with zero attached hydrogens (tertiary/aromatic N) is 1. The third kappa shape index (κ3) is 3.92. The SMILES string of the molecule is CC(C)(C)OC(=O)N1C2C=C(c3ccc(B4OC(C)(C)C(C)(C)O4)cc3)CC1CC2. The Kier molecular flexibility index (Phi) is 5.10. The molecular formula is C24H34BNO4. The van der Waals surface area contributed by atoms with Gasteiger partial charge in [-0.25, -0.2) is 4.79 Å². The second kappa shape index (κ2) is 7.13. The van der Waals surface area contributed by atoms with Gasteiger partial charge in [0.1, 0.15) is 5.60 Å². The molecule has 162 valence electrons. The Hall–Kier alpha value is -1.79. The van der Waals surface area contributed by atoms with E-state index in [0.29, 0.717) is 0 Å². The van der Waals surface area contributed by atoms with Crippen molar-refractivity contribution in [1.82, 2.24) is 4.90 Å². The number of carbonyl (C=O) groups is 1. The summed E-state index contributed by atoms with van der Waals surface area (Å²) in [7, 11) is -0.344. The Bertz CT molecular complexity index is 837. The largest absolute Gasteiger partial charge is 0.494 e. The molecule has 1 amide bonds. The van der Waals surface area contributed by atoms with Gasteiger partial charge in [-0.1, -0.05) is 30.3 Å². The summed E-state index contributed by atoms with van der Waals surface area (Å²) in [6.07, 6.45) is 4.94. The van der Waals surface area contributed by atoms with Crippen LogP contribution in [-0.2, 0) is 14.0 Å². The molecule has 1 aromatic carbocycles. The average molecular weight is 411 g/mol. The fourth-order valence-electron chi connectivity index (χ4n) is 4.48. The van der Waals surface area contributed by atoms with Gasteiger partial charge in [0.2, 0.25) is 0 Å². The van der Waals surface area contributed by atoms with Crippen molar-refractivity contribution in [3.8, 4) is 0 Å². The first-order chi connectivity index (χ1) is 13.9. The maximum absolute atomic E-state index is 12.7. The van der Waals surface area contributed by atoms with Crippen LogP contribution in [0.5, 0.6) is 0 Å². The molecule has 2 unspecified atom stereocenters. The number of hydrogen-bond acceptors (Lipinski definition) is 4. The minimum atomic E-state index is -0.468. The van der Waals surface area contributed by atoms with Gasteiger partial charge in [0, 0.05) is 6.04 Å². The van der Waals surface area contributed by atoms with E-state index in [1.165, 1.54) is 11.1 Å². The summed E-state index contributed by atoms with van der Waals surface area (Å²) in [5.41, 5.74) is 2.40. The van der Waals surface area contributed by atoms with Gasteiger partial charge >= 0.3 is 13.2 Å². The second-order valence-corrected chi connectivity index (χ2v) is 10.8. The molecule has 0 saturated carbocycles. The van der Waals surface area contributed by atoms with Crippen LogP contribution in [0.2, 0.25) is 0 Å². The Morgan fingerprint density at radius 2 is 1.67 bits per heavy atom. The zero-order valence-electron chi connectivity index (χ0n) is 19.3. The van der Waals surface area contributed by atoms with E-state index in [0.717, 1.165) is 24.7 Å². The van der Waals surface area contributed by atoms with Crippen molar-refractivity contribution in [2.45, 2.75) is 96.6 Å². The smallest absolute Gasteiger partial charge is 0.444 e. The predicted octanol–water partition coefficient (Wildman–Crippen LogP) is 4.54. The van der Waals surface area contributed by atoms with Crippen molar-refractivity contribution >= 4 is 24.2 Å². The van der Waals surface area contributed by atoms with Crippen molar-refractivity contribution < 1.29 is 18.8 Å². The molecule has 0 spiro atoms. The van der Waals surface area contributed by atoms with Gasteiger partial charge in [0.05, 0.1) is 17.2 Å². The van der Waals surface area contributed by atoms with E-state index in [1.54, 1.807) is 0 Å². The third-order valence-corrected chi connectivity index (χ3v) is 6.81. The van der Waals surface area contributed by atoms with Gasteiger partial charge in [-0.15, -0.1) is 0 Å². The number of benzene rings is 1. The van der Waals surface area contributed by atoms with Crippen LogP contribution < -0.4 is 5.46 Å². The van der Waals surface area contributed by atoms with Crippen LogP contribution in [0.3, 0.4) is 0 Å². The van der Waals surface area contributed by atoms with E-state index in [9.17, 15) is 4.79 Å². The quantitative estimate of drug-likeness (QED) is 0.671. The molecule has 2 saturated heterocycles. The first kappa shape index (κ1) is 21.4. The molecule has 0 N–H and O–H groups in total. The molecule has 6 heteroatoms. The van der Waals surface area contributed by atoms with Gasteiger partial charge < -0.3 is 14.0 Å². The van der Waals surface area contributed by atoms with E-state index >= 15 is 0 Å². The highest BCUT2D eigenvalue weighted by molar-refractivity contribution is 6.62. The predicted molar refractivity (Wildman–Crippen MR) is 120 cm³/mol. The summed E-state index contributed by atoms with van der Waals surface area (Å²) in [6, 6.07) is 8.83. The highest BCUT2D eigenvalue weighted by Gasteiger charge is 2.51. The van der Waals surface area contributed by atoms with E-state index < -0.39 is 5.60 Å². The molecule has 5 nitrogen and oxygen atoms in total. The Labute approximate surface area is 180 Å². The lowest BCUT2D eigenvalue weighted by molar-refractivity contribution is 0.00578. The molecule has 3 aliphatic heterocycles. The van der Waals surface area contributed by atoms with Gasteiger partial charge in [0.25, 0.3) is 0 Å². The Balaban J connectivity index is 1.49. The number of carbonyl (C=O) groups excluding carboxylic acids is 1. The minimum absolute atomic E-state index is 0.122.